The van der Waals surface area contributed by atoms with Gasteiger partial charge in [0.05, 0.1) is 18.9 Å². The van der Waals surface area contributed by atoms with Crippen molar-refractivity contribution in [3.63, 3.8) is 0 Å². The van der Waals surface area contributed by atoms with E-state index in [0.717, 1.165) is 5.56 Å². The number of benzene rings is 1. The fourth-order valence-corrected chi connectivity index (χ4v) is 3.48. The number of aromatic nitrogens is 3. The van der Waals surface area contributed by atoms with Gasteiger partial charge in [0, 0.05) is 44.5 Å². The van der Waals surface area contributed by atoms with Crippen LogP contribution >= 0.6 is 0 Å². The van der Waals surface area contributed by atoms with Crippen molar-refractivity contribution in [1.82, 2.24) is 19.7 Å². The molecule has 0 N–H and O–H groups in total. The van der Waals surface area contributed by atoms with Crippen LogP contribution in [0, 0.1) is 0 Å². The lowest BCUT2D eigenvalue weighted by atomic mass is 9.86. The van der Waals surface area contributed by atoms with Crippen LogP contribution in [0.25, 0.3) is 0 Å². The van der Waals surface area contributed by atoms with Crippen LogP contribution in [-0.4, -0.2) is 39.2 Å². The van der Waals surface area contributed by atoms with Gasteiger partial charge >= 0.3 is 0 Å². The van der Waals surface area contributed by atoms with Gasteiger partial charge in [0.25, 0.3) is 5.91 Å². The van der Waals surface area contributed by atoms with Crippen molar-refractivity contribution in [3.05, 3.63) is 77.2 Å². The first kappa shape index (κ1) is 16.3. The predicted octanol–water partition coefficient (Wildman–Crippen LogP) is 2.61. The molecule has 0 bridgehead atoms. The molecule has 1 aromatic carbocycles. The number of hydrogen-bond acceptors (Lipinski definition) is 4. The number of fused-ring (bicyclic) bond motifs is 1. The molecule has 2 aromatic heterocycles. The molecule has 132 valence electrons. The van der Waals surface area contributed by atoms with E-state index >= 15 is 0 Å². The summed E-state index contributed by atoms with van der Waals surface area (Å²) >= 11 is 0. The van der Waals surface area contributed by atoms with Crippen LogP contribution in [0.5, 0.6) is 5.88 Å². The number of methoxy groups -OCH3 is 1. The predicted molar refractivity (Wildman–Crippen MR) is 97.0 cm³/mol. The lowest BCUT2D eigenvalue weighted by molar-refractivity contribution is 0.0724. The molecule has 3 aromatic rings. The number of carbonyl (C=O) groups is 1. The van der Waals surface area contributed by atoms with Gasteiger partial charge in [-0.3, -0.25) is 9.48 Å². The Morgan fingerprint density at radius 2 is 2.04 bits per heavy atom. The van der Waals surface area contributed by atoms with Crippen LogP contribution in [0.4, 0.5) is 0 Å². The van der Waals surface area contributed by atoms with E-state index in [1.807, 2.05) is 36.5 Å². The second-order valence-electron chi connectivity index (χ2n) is 6.47. The largest absolute Gasteiger partial charge is 0.481 e. The molecule has 0 radical (unpaired) electrons. The first-order valence-corrected chi connectivity index (χ1v) is 8.51. The zero-order valence-corrected chi connectivity index (χ0v) is 14.8. The summed E-state index contributed by atoms with van der Waals surface area (Å²) in [4.78, 5) is 19.0. The first-order chi connectivity index (χ1) is 12.7. The van der Waals surface area contributed by atoms with Gasteiger partial charge in [-0.2, -0.15) is 5.10 Å². The van der Waals surface area contributed by atoms with Gasteiger partial charge in [0.1, 0.15) is 0 Å². The van der Waals surface area contributed by atoms with Crippen LogP contribution in [-0.2, 0) is 13.6 Å². The van der Waals surface area contributed by atoms with Gasteiger partial charge < -0.3 is 9.64 Å². The molecule has 4 rings (SSSR count). The van der Waals surface area contributed by atoms with Crippen molar-refractivity contribution >= 4 is 5.91 Å². The highest BCUT2D eigenvalue weighted by Gasteiger charge is 2.30. The summed E-state index contributed by atoms with van der Waals surface area (Å²) in [5.74, 6) is 0.589. The number of pyridine rings is 1. The van der Waals surface area contributed by atoms with E-state index in [-0.39, 0.29) is 11.8 Å². The Hall–Kier alpha value is -3.15. The van der Waals surface area contributed by atoms with Gasteiger partial charge in [-0.25, -0.2) is 4.98 Å². The Balaban J connectivity index is 1.67. The van der Waals surface area contributed by atoms with Gasteiger partial charge in [-0.05, 0) is 22.8 Å². The molecule has 26 heavy (non-hydrogen) atoms. The Bertz CT molecular complexity index is 933. The molecule has 0 aliphatic carbocycles. The minimum Gasteiger partial charge on any atom is -0.481 e. The number of ether oxygens (including phenoxy) is 1. The minimum absolute atomic E-state index is 0.0245. The molecule has 1 aliphatic rings. The van der Waals surface area contributed by atoms with Gasteiger partial charge in [0.2, 0.25) is 5.88 Å². The average molecular weight is 348 g/mol. The summed E-state index contributed by atoms with van der Waals surface area (Å²) in [5.41, 5.74) is 4.11. The van der Waals surface area contributed by atoms with E-state index in [2.05, 4.69) is 22.2 Å². The van der Waals surface area contributed by atoms with Crippen molar-refractivity contribution in [2.75, 3.05) is 13.7 Å². The smallest absolute Gasteiger partial charge is 0.255 e. The third-order valence-electron chi connectivity index (χ3n) is 4.80. The highest BCUT2D eigenvalue weighted by atomic mass is 16.5. The molecular weight excluding hydrogens is 328 g/mol. The van der Waals surface area contributed by atoms with Crippen LogP contribution in [0.15, 0.2) is 55.0 Å². The zero-order valence-electron chi connectivity index (χ0n) is 14.8. The fraction of sp³-hybridized carbons (Fsp3) is 0.250. The molecule has 0 unspecified atom stereocenters. The van der Waals surface area contributed by atoms with Crippen LogP contribution in [0.2, 0.25) is 0 Å². The average Bonchev–Trinajstić information content (AvgIpc) is 3.12. The Kier molecular flexibility index (Phi) is 4.16. The maximum Gasteiger partial charge on any atom is 0.255 e. The molecule has 0 saturated heterocycles. The topological polar surface area (TPSA) is 60.2 Å². The van der Waals surface area contributed by atoms with Gasteiger partial charge in [0.15, 0.2) is 0 Å². The normalized spacial score (nSPS) is 16.2. The number of hydrogen-bond donors (Lipinski definition) is 0. The molecule has 6 nitrogen and oxygen atoms in total. The number of rotatable bonds is 3. The van der Waals surface area contributed by atoms with E-state index in [9.17, 15) is 4.79 Å². The number of nitrogens with zero attached hydrogens (tertiary/aromatic N) is 4. The highest BCUT2D eigenvalue weighted by Crippen LogP contribution is 2.33. The van der Waals surface area contributed by atoms with Crippen LogP contribution in [0.3, 0.4) is 0 Å². The summed E-state index contributed by atoms with van der Waals surface area (Å²) < 4.78 is 6.87. The second-order valence-corrected chi connectivity index (χ2v) is 6.47. The summed E-state index contributed by atoms with van der Waals surface area (Å²) in [6.45, 7) is 1.21. The molecule has 1 aliphatic heterocycles. The molecule has 0 fully saturated rings. The van der Waals surface area contributed by atoms with E-state index < -0.39 is 0 Å². The van der Waals surface area contributed by atoms with E-state index in [4.69, 9.17) is 4.74 Å². The van der Waals surface area contributed by atoms with Crippen LogP contribution in [0.1, 0.15) is 33.0 Å². The fourth-order valence-electron chi connectivity index (χ4n) is 3.48. The molecule has 6 heteroatoms. The lowest BCUT2D eigenvalue weighted by Crippen LogP contribution is -2.38. The maximum absolute atomic E-state index is 13.0. The monoisotopic (exact) mass is 348 g/mol. The number of aryl methyl sites for hydroxylation is 1. The van der Waals surface area contributed by atoms with E-state index in [1.54, 1.807) is 30.1 Å². The molecule has 1 atom stereocenters. The second kappa shape index (κ2) is 6.63. The molecule has 0 spiro atoms. The Labute approximate surface area is 152 Å². The zero-order chi connectivity index (χ0) is 18.1. The molecule has 1 amide bonds. The third-order valence-corrected chi connectivity index (χ3v) is 4.80. The first-order valence-electron chi connectivity index (χ1n) is 8.51. The molecule has 0 saturated carbocycles. The Morgan fingerprint density at radius 1 is 1.19 bits per heavy atom. The van der Waals surface area contributed by atoms with Crippen molar-refractivity contribution in [3.8, 4) is 5.88 Å². The lowest BCUT2D eigenvalue weighted by Gasteiger charge is -2.34. The summed E-state index contributed by atoms with van der Waals surface area (Å²) in [7, 11) is 3.47. The van der Waals surface area contributed by atoms with Crippen LogP contribution < -0.4 is 4.74 Å². The SMILES string of the molecule is COc1ccc(C(=O)N2Cc3ccccc3[C@H](c3cnn(C)c3)C2)cn1. The van der Waals surface area contributed by atoms with Crippen molar-refractivity contribution in [1.29, 1.82) is 0 Å². The third kappa shape index (κ3) is 2.94. The van der Waals surface area contributed by atoms with Crippen molar-refractivity contribution in [2.24, 2.45) is 7.05 Å². The van der Waals surface area contributed by atoms with Crippen molar-refractivity contribution < 1.29 is 9.53 Å². The highest BCUT2D eigenvalue weighted by molar-refractivity contribution is 5.94. The summed E-state index contributed by atoms with van der Waals surface area (Å²) in [5, 5.41) is 4.30. The number of carbonyl (C=O) groups excluding carboxylic acids is 1. The van der Waals surface area contributed by atoms with Crippen molar-refractivity contribution in [2.45, 2.75) is 12.5 Å². The minimum atomic E-state index is -0.0245. The Morgan fingerprint density at radius 3 is 2.73 bits per heavy atom. The molecular formula is C20H20N4O2. The quantitative estimate of drug-likeness (QED) is 0.730. The summed E-state index contributed by atoms with van der Waals surface area (Å²) in [6.07, 6.45) is 5.47. The van der Waals surface area contributed by atoms with E-state index in [1.165, 1.54) is 11.1 Å². The van der Waals surface area contributed by atoms with Gasteiger partial charge in [-0.15, -0.1) is 0 Å². The number of amides is 1. The summed E-state index contributed by atoms with van der Waals surface area (Å²) in [6, 6.07) is 11.8. The van der Waals surface area contributed by atoms with E-state index in [0.29, 0.717) is 24.5 Å². The van der Waals surface area contributed by atoms with Gasteiger partial charge in [-0.1, -0.05) is 24.3 Å². The maximum atomic E-state index is 13.0. The molecule has 3 heterocycles. The standard InChI is InChI=1S/C20H20N4O2/c1-23-11-16(10-22-23)18-13-24(12-15-5-3-4-6-17(15)18)20(25)14-7-8-19(26-2)21-9-14/h3-11,18H,12-13H2,1-2H3/t18-/m0/s1.